The predicted octanol–water partition coefficient (Wildman–Crippen LogP) is -0.948. The normalized spacial score (nSPS) is 21.8. The maximum absolute atomic E-state index is 12.3. The van der Waals surface area contributed by atoms with Gasteiger partial charge in [-0.1, -0.05) is 0 Å². The molecule has 0 radical (unpaired) electrons. The molecule has 0 aromatic carbocycles. The van der Waals surface area contributed by atoms with Crippen LogP contribution in [0.5, 0.6) is 0 Å². The van der Waals surface area contributed by atoms with E-state index in [9.17, 15) is 13.2 Å². The monoisotopic (exact) mass is 489 g/mol. The predicted molar refractivity (Wildman–Crippen MR) is 107 cm³/mol. The number of aliphatic imine (C=N–C) groups is 1. The fourth-order valence-corrected chi connectivity index (χ4v) is 3.33. The van der Waals surface area contributed by atoms with Crippen LogP contribution in [0, 0.1) is 0 Å². The van der Waals surface area contributed by atoms with E-state index in [1.807, 2.05) is 4.90 Å². The molecule has 2 aliphatic heterocycles. The molecular formula is C14H28IN5O4S. The minimum Gasteiger partial charge on any atom is -0.368 e. The first kappa shape index (κ1) is 22.4. The largest absolute Gasteiger partial charge is 0.368 e. The number of nitrogens with zero attached hydrogens (tertiary/aromatic N) is 3. The van der Waals surface area contributed by atoms with Crippen molar-refractivity contribution in [3.63, 3.8) is 0 Å². The number of hydrogen-bond acceptors (Lipinski definition) is 5. The maximum atomic E-state index is 12.3. The lowest BCUT2D eigenvalue weighted by Crippen LogP contribution is -2.55. The number of rotatable bonds is 5. The number of hydrogen-bond donors (Lipinski definition) is 2. The fraction of sp³-hybridized carbons (Fsp3) is 0.857. The van der Waals surface area contributed by atoms with Gasteiger partial charge < -0.3 is 19.9 Å². The van der Waals surface area contributed by atoms with Gasteiger partial charge in [0.05, 0.1) is 6.26 Å². The summed E-state index contributed by atoms with van der Waals surface area (Å²) < 4.78 is 29.9. The maximum Gasteiger partial charge on any atom is 0.251 e. The Morgan fingerprint density at radius 2 is 1.84 bits per heavy atom. The van der Waals surface area contributed by atoms with Gasteiger partial charge in [0.2, 0.25) is 10.0 Å². The molecule has 2 rings (SSSR count). The molecule has 9 nitrogen and oxygen atoms in total. The van der Waals surface area contributed by atoms with E-state index in [1.165, 1.54) is 0 Å². The molecular weight excluding hydrogens is 461 g/mol. The van der Waals surface area contributed by atoms with Crippen LogP contribution in [0.4, 0.5) is 0 Å². The van der Waals surface area contributed by atoms with Gasteiger partial charge in [0.25, 0.3) is 5.91 Å². The number of nitrogens with one attached hydrogen (secondary N) is 2. The van der Waals surface area contributed by atoms with Gasteiger partial charge in [-0.15, -0.1) is 24.0 Å². The highest BCUT2D eigenvalue weighted by atomic mass is 127. The molecule has 0 spiro atoms. The Hall–Kier alpha value is -0.660. The zero-order valence-corrected chi connectivity index (χ0v) is 17.9. The van der Waals surface area contributed by atoms with Gasteiger partial charge >= 0.3 is 0 Å². The first-order valence-corrected chi connectivity index (χ1v) is 10.1. The summed E-state index contributed by atoms with van der Waals surface area (Å²) in [6.45, 7) is 4.09. The first-order chi connectivity index (χ1) is 11.4. The van der Waals surface area contributed by atoms with E-state index in [2.05, 4.69) is 19.9 Å². The van der Waals surface area contributed by atoms with Gasteiger partial charge in [-0.2, -0.15) is 0 Å². The molecule has 0 bridgehead atoms. The van der Waals surface area contributed by atoms with Gasteiger partial charge in [-0.25, -0.2) is 13.1 Å². The highest BCUT2D eigenvalue weighted by molar-refractivity contribution is 14.0. The second-order valence-corrected chi connectivity index (χ2v) is 7.79. The summed E-state index contributed by atoms with van der Waals surface area (Å²) in [4.78, 5) is 20.5. The van der Waals surface area contributed by atoms with Crippen molar-refractivity contribution in [2.45, 2.75) is 18.9 Å². The molecule has 1 amide bonds. The number of ether oxygens (including phenoxy) is 1. The Bertz CT molecular complexity index is 558. The van der Waals surface area contributed by atoms with Crippen LogP contribution < -0.4 is 10.0 Å². The number of piperazine rings is 1. The molecule has 0 aliphatic carbocycles. The van der Waals surface area contributed by atoms with E-state index >= 15 is 0 Å². The summed E-state index contributed by atoms with van der Waals surface area (Å²) in [7, 11) is -1.49. The third kappa shape index (κ3) is 7.23. The van der Waals surface area contributed by atoms with Crippen LogP contribution >= 0.6 is 24.0 Å². The number of sulfonamides is 1. The van der Waals surface area contributed by atoms with Crippen molar-refractivity contribution >= 4 is 45.9 Å². The highest BCUT2D eigenvalue weighted by Gasteiger charge is 2.30. The van der Waals surface area contributed by atoms with E-state index in [4.69, 9.17) is 4.74 Å². The van der Waals surface area contributed by atoms with Crippen LogP contribution in [-0.4, -0.2) is 95.4 Å². The van der Waals surface area contributed by atoms with Crippen molar-refractivity contribution in [2.24, 2.45) is 4.99 Å². The minimum atomic E-state index is -3.18. The molecule has 2 fully saturated rings. The van der Waals surface area contributed by atoms with Gasteiger partial charge in [0.15, 0.2) is 5.96 Å². The first-order valence-electron chi connectivity index (χ1n) is 8.21. The average molecular weight is 489 g/mol. The lowest BCUT2D eigenvalue weighted by Gasteiger charge is -2.37. The second-order valence-electron chi connectivity index (χ2n) is 5.95. The van der Waals surface area contributed by atoms with Crippen LogP contribution in [0.25, 0.3) is 0 Å². The molecule has 2 heterocycles. The van der Waals surface area contributed by atoms with Crippen molar-refractivity contribution in [1.29, 1.82) is 0 Å². The summed E-state index contributed by atoms with van der Waals surface area (Å²) in [6, 6.07) is 0. The molecule has 0 aromatic rings. The average Bonchev–Trinajstić information content (AvgIpc) is 3.08. The summed E-state index contributed by atoms with van der Waals surface area (Å²) in [5.74, 6) is 0.807. The third-order valence-corrected chi connectivity index (χ3v) is 4.81. The molecule has 2 N–H and O–H groups in total. The number of amides is 1. The van der Waals surface area contributed by atoms with E-state index in [-0.39, 0.29) is 36.0 Å². The summed E-state index contributed by atoms with van der Waals surface area (Å²) in [6.07, 6.45) is 2.63. The SMILES string of the molecule is CN=C(NCCNS(C)(=O)=O)N1CCN(C(=O)C2CCCO2)CC1.I. The van der Waals surface area contributed by atoms with Gasteiger partial charge in [-0.3, -0.25) is 9.79 Å². The smallest absolute Gasteiger partial charge is 0.251 e. The molecule has 1 atom stereocenters. The van der Waals surface area contributed by atoms with Crippen LogP contribution in [0.3, 0.4) is 0 Å². The van der Waals surface area contributed by atoms with Crippen LogP contribution in [0.2, 0.25) is 0 Å². The second kappa shape index (κ2) is 10.5. The lowest BCUT2D eigenvalue weighted by molar-refractivity contribution is -0.142. The van der Waals surface area contributed by atoms with Gasteiger partial charge in [-0.05, 0) is 12.8 Å². The molecule has 0 aromatic heterocycles. The van der Waals surface area contributed by atoms with Crippen LogP contribution in [0.1, 0.15) is 12.8 Å². The van der Waals surface area contributed by atoms with Crippen molar-refractivity contribution in [3.05, 3.63) is 0 Å². The van der Waals surface area contributed by atoms with Crippen LogP contribution in [-0.2, 0) is 19.6 Å². The molecule has 146 valence electrons. The third-order valence-electron chi connectivity index (χ3n) is 4.08. The zero-order valence-electron chi connectivity index (χ0n) is 14.7. The highest BCUT2D eigenvalue weighted by Crippen LogP contribution is 2.16. The van der Waals surface area contributed by atoms with Crippen LogP contribution in [0.15, 0.2) is 4.99 Å². The summed E-state index contributed by atoms with van der Waals surface area (Å²) in [5, 5.41) is 3.13. The summed E-state index contributed by atoms with van der Waals surface area (Å²) >= 11 is 0. The molecule has 11 heteroatoms. The molecule has 1 unspecified atom stereocenters. The van der Waals surface area contributed by atoms with Gasteiger partial charge in [0.1, 0.15) is 6.10 Å². The minimum absolute atomic E-state index is 0. The van der Waals surface area contributed by atoms with E-state index < -0.39 is 10.0 Å². The standard InChI is InChI=1S/C14H27N5O4S.HI/c1-15-14(16-5-6-17-24(2,21)22)19-9-7-18(8-10-19)13(20)12-4-3-11-23-12;/h12,17H,3-11H2,1-2H3,(H,15,16);1H. The van der Waals surface area contributed by atoms with Crippen molar-refractivity contribution in [2.75, 3.05) is 59.2 Å². The Balaban J connectivity index is 0.00000312. The number of carbonyl (C=O) groups excluding carboxylic acids is 1. The molecule has 0 saturated carbocycles. The summed E-state index contributed by atoms with van der Waals surface area (Å²) in [5.41, 5.74) is 0. The lowest BCUT2D eigenvalue weighted by atomic mass is 10.2. The van der Waals surface area contributed by atoms with Crippen molar-refractivity contribution in [3.8, 4) is 0 Å². The van der Waals surface area contributed by atoms with E-state index in [0.717, 1.165) is 25.1 Å². The Morgan fingerprint density at radius 3 is 2.36 bits per heavy atom. The van der Waals surface area contributed by atoms with E-state index in [0.29, 0.717) is 45.9 Å². The van der Waals surface area contributed by atoms with Crippen molar-refractivity contribution < 1.29 is 17.9 Å². The number of carbonyl (C=O) groups is 1. The van der Waals surface area contributed by atoms with Gasteiger partial charge in [0, 0.05) is 52.9 Å². The Kier molecular flexibility index (Phi) is 9.38. The zero-order chi connectivity index (χ0) is 17.6. The quantitative estimate of drug-likeness (QED) is 0.224. The number of guanidine groups is 1. The fourth-order valence-electron chi connectivity index (χ4n) is 2.86. The molecule has 2 aliphatic rings. The Labute approximate surface area is 166 Å². The Morgan fingerprint density at radius 1 is 1.20 bits per heavy atom. The molecule has 2 saturated heterocycles. The van der Waals surface area contributed by atoms with Crippen molar-refractivity contribution in [1.82, 2.24) is 19.8 Å². The number of halogens is 1. The topological polar surface area (TPSA) is 103 Å². The van der Waals surface area contributed by atoms with E-state index in [1.54, 1.807) is 7.05 Å². The molecule has 25 heavy (non-hydrogen) atoms.